The van der Waals surface area contributed by atoms with Crippen molar-refractivity contribution < 1.29 is 14.6 Å². The lowest BCUT2D eigenvalue weighted by Crippen LogP contribution is -2.26. The van der Waals surface area contributed by atoms with Gasteiger partial charge in [-0.25, -0.2) is 0 Å². The molecule has 92 valence electrons. The molecule has 0 fully saturated rings. The van der Waals surface area contributed by atoms with Crippen LogP contribution >= 0.6 is 11.6 Å². The Kier molecular flexibility index (Phi) is 4.73. The Morgan fingerprint density at radius 3 is 2.38 bits per heavy atom. The minimum absolute atomic E-state index is 0.103. The minimum Gasteiger partial charge on any atom is -0.381 e. The van der Waals surface area contributed by atoms with E-state index in [9.17, 15) is 5.11 Å². The molecule has 0 bridgehead atoms. The highest BCUT2D eigenvalue weighted by Gasteiger charge is 2.27. The van der Waals surface area contributed by atoms with Crippen molar-refractivity contribution in [3.8, 4) is 0 Å². The van der Waals surface area contributed by atoms with E-state index >= 15 is 0 Å². The van der Waals surface area contributed by atoms with Gasteiger partial charge in [-0.05, 0) is 13.8 Å². The molecule has 0 aromatic carbocycles. The third-order valence-corrected chi connectivity index (χ3v) is 2.57. The fourth-order valence-corrected chi connectivity index (χ4v) is 1.76. The zero-order valence-electron chi connectivity index (χ0n) is 9.85. The average molecular weight is 249 g/mol. The Labute approximate surface area is 99.9 Å². The number of hydrogen-bond acceptors (Lipinski definition) is 4. The van der Waals surface area contributed by atoms with Crippen molar-refractivity contribution in [2.45, 2.75) is 32.3 Å². The third kappa shape index (κ3) is 2.55. The smallest absolute Gasteiger partial charge is 0.188 e. The first-order valence-electron chi connectivity index (χ1n) is 4.99. The van der Waals surface area contributed by atoms with Crippen LogP contribution in [0.5, 0.6) is 0 Å². The summed E-state index contributed by atoms with van der Waals surface area (Å²) in [5.74, 6) is 0. The molecule has 5 nitrogen and oxygen atoms in total. The van der Waals surface area contributed by atoms with Crippen molar-refractivity contribution >= 4 is 11.6 Å². The maximum absolute atomic E-state index is 10.1. The van der Waals surface area contributed by atoms with E-state index in [0.29, 0.717) is 10.7 Å². The highest BCUT2D eigenvalue weighted by atomic mass is 35.5. The zero-order valence-corrected chi connectivity index (χ0v) is 10.6. The monoisotopic (exact) mass is 248 g/mol. The summed E-state index contributed by atoms with van der Waals surface area (Å²) in [5.41, 5.74) is 0.505. The highest BCUT2D eigenvalue weighted by molar-refractivity contribution is 6.31. The van der Waals surface area contributed by atoms with Crippen LogP contribution in [0.15, 0.2) is 6.20 Å². The first-order chi connectivity index (χ1) is 7.52. The van der Waals surface area contributed by atoms with Crippen molar-refractivity contribution in [1.29, 1.82) is 0 Å². The van der Waals surface area contributed by atoms with E-state index in [1.54, 1.807) is 4.68 Å². The summed E-state index contributed by atoms with van der Waals surface area (Å²) >= 11 is 5.99. The molecule has 0 radical (unpaired) electrons. The molecule has 1 N–H and O–H groups in total. The quantitative estimate of drug-likeness (QED) is 0.807. The maximum Gasteiger partial charge on any atom is 0.188 e. The Hall–Kier alpha value is -0.620. The van der Waals surface area contributed by atoms with Crippen molar-refractivity contribution in [3.63, 3.8) is 0 Å². The molecular weight excluding hydrogens is 232 g/mol. The SMILES string of the molecule is COC(OC)C(O)c1c(Cl)cnn1C(C)C. The Bertz CT molecular complexity index is 337. The number of ether oxygens (including phenoxy) is 2. The summed E-state index contributed by atoms with van der Waals surface area (Å²) in [5, 5.41) is 14.6. The lowest BCUT2D eigenvalue weighted by atomic mass is 10.2. The van der Waals surface area contributed by atoms with E-state index < -0.39 is 12.4 Å². The van der Waals surface area contributed by atoms with E-state index in [1.807, 2.05) is 13.8 Å². The average Bonchev–Trinajstić information content (AvgIpc) is 2.61. The Balaban J connectivity index is 3.05. The summed E-state index contributed by atoms with van der Waals surface area (Å²) in [7, 11) is 2.92. The number of nitrogens with zero attached hydrogens (tertiary/aromatic N) is 2. The second-order valence-electron chi connectivity index (χ2n) is 3.70. The van der Waals surface area contributed by atoms with Crippen LogP contribution in [0.4, 0.5) is 0 Å². The zero-order chi connectivity index (χ0) is 12.3. The molecule has 0 saturated heterocycles. The van der Waals surface area contributed by atoms with E-state index in [1.165, 1.54) is 20.4 Å². The predicted octanol–water partition coefficient (Wildman–Crippen LogP) is 1.77. The summed E-state index contributed by atoms with van der Waals surface area (Å²) in [6, 6.07) is 0.103. The number of methoxy groups -OCH3 is 2. The van der Waals surface area contributed by atoms with Gasteiger partial charge in [0.25, 0.3) is 0 Å². The molecule has 1 heterocycles. The fourth-order valence-electron chi connectivity index (χ4n) is 1.52. The number of rotatable bonds is 5. The van der Waals surface area contributed by atoms with Gasteiger partial charge in [0.05, 0.1) is 16.9 Å². The first kappa shape index (κ1) is 13.4. The fraction of sp³-hybridized carbons (Fsp3) is 0.700. The minimum atomic E-state index is -0.965. The number of aliphatic hydroxyl groups is 1. The summed E-state index contributed by atoms with van der Waals surface area (Å²) in [6.07, 6.45) is -0.221. The van der Waals surface area contributed by atoms with Gasteiger partial charge < -0.3 is 14.6 Å². The second-order valence-corrected chi connectivity index (χ2v) is 4.11. The van der Waals surface area contributed by atoms with Crippen LogP contribution in [0.1, 0.15) is 31.7 Å². The summed E-state index contributed by atoms with van der Waals surface area (Å²) in [4.78, 5) is 0. The van der Waals surface area contributed by atoms with Crippen LogP contribution in [0.25, 0.3) is 0 Å². The highest BCUT2D eigenvalue weighted by Crippen LogP contribution is 2.28. The van der Waals surface area contributed by atoms with E-state index in [2.05, 4.69) is 5.10 Å². The van der Waals surface area contributed by atoms with Gasteiger partial charge in [-0.2, -0.15) is 5.10 Å². The van der Waals surface area contributed by atoms with Gasteiger partial charge in [0.1, 0.15) is 6.10 Å². The predicted molar refractivity (Wildman–Crippen MR) is 60.4 cm³/mol. The molecule has 0 aliphatic carbocycles. The van der Waals surface area contributed by atoms with Crippen LogP contribution in [0.2, 0.25) is 5.02 Å². The number of aliphatic hydroxyl groups excluding tert-OH is 1. The van der Waals surface area contributed by atoms with Gasteiger partial charge in [-0.15, -0.1) is 0 Å². The van der Waals surface area contributed by atoms with Gasteiger partial charge >= 0.3 is 0 Å². The van der Waals surface area contributed by atoms with Crippen molar-refractivity contribution in [2.24, 2.45) is 0 Å². The summed E-state index contributed by atoms with van der Waals surface area (Å²) < 4.78 is 11.7. The van der Waals surface area contributed by atoms with Gasteiger partial charge in [-0.1, -0.05) is 11.6 Å². The van der Waals surface area contributed by atoms with Crippen LogP contribution in [-0.4, -0.2) is 35.4 Å². The standard InChI is InChI=1S/C10H17ClN2O3/c1-6(2)13-8(7(11)5-12-13)9(14)10(15-3)16-4/h5-6,9-10,14H,1-4H3. The largest absolute Gasteiger partial charge is 0.381 e. The van der Waals surface area contributed by atoms with Gasteiger partial charge in [0.15, 0.2) is 6.29 Å². The topological polar surface area (TPSA) is 56.5 Å². The van der Waals surface area contributed by atoms with Crippen LogP contribution < -0.4 is 0 Å². The molecule has 0 spiro atoms. The van der Waals surface area contributed by atoms with Crippen molar-refractivity contribution in [1.82, 2.24) is 9.78 Å². The Morgan fingerprint density at radius 2 is 1.94 bits per heavy atom. The van der Waals surface area contributed by atoms with Crippen molar-refractivity contribution in [2.75, 3.05) is 14.2 Å². The summed E-state index contributed by atoms with van der Waals surface area (Å²) in [6.45, 7) is 3.91. The number of hydrogen-bond donors (Lipinski definition) is 1. The first-order valence-corrected chi connectivity index (χ1v) is 5.37. The molecule has 1 aromatic rings. The molecule has 16 heavy (non-hydrogen) atoms. The van der Waals surface area contributed by atoms with Crippen LogP contribution in [-0.2, 0) is 9.47 Å². The lowest BCUT2D eigenvalue weighted by molar-refractivity contribution is -0.168. The normalized spacial score (nSPS) is 13.8. The molecular formula is C10H17ClN2O3. The third-order valence-electron chi connectivity index (χ3n) is 2.28. The maximum atomic E-state index is 10.1. The van der Waals surface area contributed by atoms with E-state index in [-0.39, 0.29) is 6.04 Å². The molecule has 0 aliphatic heterocycles. The molecule has 1 aromatic heterocycles. The number of aromatic nitrogens is 2. The van der Waals surface area contributed by atoms with Crippen LogP contribution in [0, 0.1) is 0 Å². The molecule has 1 rings (SSSR count). The second kappa shape index (κ2) is 5.63. The molecule has 0 amide bonds. The van der Waals surface area contributed by atoms with E-state index in [0.717, 1.165) is 0 Å². The molecule has 0 saturated carbocycles. The van der Waals surface area contributed by atoms with Gasteiger partial charge in [0.2, 0.25) is 0 Å². The molecule has 1 atom stereocenters. The van der Waals surface area contributed by atoms with E-state index in [4.69, 9.17) is 21.1 Å². The number of halogens is 1. The van der Waals surface area contributed by atoms with Gasteiger partial charge in [-0.3, -0.25) is 4.68 Å². The van der Waals surface area contributed by atoms with Gasteiger partial charge in [0, 0.05) is 20.3 Å². The van der Waals surface area contributed by atoms with Crippen LogP contribution in [0.3, 0.4) is 0 Å². The molecule has 0 aliphatic rings. The lowest BCUT2D eigenvalue weighted by Gasteiger charge is -2.22. The Morgan fingerprint density at radius 1 is 1.38 bits per heavy atom. The molecule has 6 heteroatoms. The molecule has 1 unspecified atom stereocenters. The van der Waals surface area contributed by atoms with Crippen molar-refractivity contribution in [3.05, 3.63) is 16.9 Å².